The number of benzene rings is 1. The molecule has 0 N–H and O–H groups in total. The fourth-order valence-corrected chi connectivity index (χ4v) is 2.43. The van der Waals surface area contributed by atoms with Gasteiger partial charge < -0.3 is 4.74 Å². The van der Waals surface area contributed by atoms with Gasteiger partial charge in [-0.05, 0) is 29.7 Å². The van der Waals surface area contributed by atoms with Gasteiger partial charge in [0.05, 0.1) is 5.56 Å². The van der Waals surface area contributed by atoms with Crippen LogP contribution < -0.4 is 4.74 Å². The standard InChI is InChI=1S/C14H8O3S/c15-13-10-5-1-2-6-12(10)17-14(16)11(13)8-9-4-3-7-18-9/h1-8H/b11-8-. The van der Waals surface area contributed by atoms with Crippen LogP contribution in [-0.2, 0) is 4.79 Å². The molecule has 0 aliphatic carbocycles. The predicted molar refractivity (Wildman–Crippen MR) is 68.7 cm³/mol. The Balaban J connectivity index is 2.09. The topological polar surface area (TPSA) is 43.4 Å². The lowest BCUT2D eigenvalue weighted by Crippen LogP contribution is -2.24. The molecule has 0 amide bonds. The average molecular weight is 256 g/mol. The molecule has 0 unspecified atom stereocenters. The van der Waals surface area contributed by atoms with Gasteiger partial charge in [-0.1, -0.05) is 18.2 Å². The van der Waals surface area contributed by atoms with Crippen molar-refractivity contribution < 1.29 is 14.3 Å². The van der Waals surface area contributed by atoms with Gasteiger partial charge in [0.2, 0.25) is 5.78 Å². The molecule has 1 aromatic carbocycles. The number of Topliss-reactive ketones (excluding diaryl/α,β-unsaturated/α-hetero) is 1. The maximum atomic E-state index is 12.2. The molecule has 3 nitrogen and oxygen atoms in total. The predicted octanol–water partition coefficient (Wildman–Crippen LogP) is 2.93. The van der Waals surface area contributed by atoms with E-state index in [1.165, 1.54) is 11.3 Å². The Bertz CT molecular complexity index is 653. The minimum absolute atomic E-state index is 0.0798. The summed E-state index contributed by atoms with van der Waals surface area (Å²) in [5.41, 5.74) is 0.510. The molecule has 4 heteroatoms. The second-order valence-electron chi connectivity index (χ2n) is 3.79. The van der Waals surface area contributed by atoms with Gasteiger partial charge in [-0.25, -0.2) is 4.79 Å². The van der Waals surface area contributed by atoms with E-state index in [0.29, 0.717) is 11.3 Å². The van der Waals surface area contributed by atoms with E-state index in [-0.39, 0.29) is 11.4 Å². The van der Waals surface area contributed by atoms with Crippen molar-refractivity contribution in [2.24, 2.45) is 0 Å². The van der Waals surface area contributed by atoms with E-state index in [1.807, 2.05) is 17.5 Å². The van der Waals surface area contributed by atoms with E-state index >= 15 is 0 Å². The fraction of sp³-hybridized carbons (Fsp3) is 0. The van der Waals surface area contributed by atoms with Gasteiger partial charge in [-0.15, -0.1) is 11.3 Å². The molecule has 1 aliphatic rings. The van der Waals surface area contributed by atoms with E-state index in [0.717, 1.165) is 4.88 Å². The number of carbonyl (C=O) groups excluding carboxylic acids is 2. The van der Waals surface area contributed by atoms with E-state index in [4.69, 9.17) is 4.74 Å². The summed E-state index contributed by atoms with van der Waals surface area (Å²) in [5.74, 6) is -0.543. The quantitative estimate of drug-likeness (QED) is 0.341. The van der Waals surface area contributed by atoms with Crippen LogP contribution in [0.4, 0.5) is 0 Å². The summed E-state index contributed by atoms with van der Waals surface area (Å²) in [4.78, 5) is 24.8. The van der Waals surface area contributed by atoms with Gasteiger partial charge in [-0.3, -0.25) is 4.79 Å². The Hall–Kier alpha value is -2.20. The molecule has 2 heterocycles. The molecular formula is C14H8O3S. The maximum absolute atomic E-state index is 12.2. The van der Waals surface area contributed by atoms with Crippen molar-refractivity contribution in [3.8, 4) is 5.75 Å². The Kier molecular flexibility index (Phi) is 2.57. The van der Waals surface area contributed by atoms with E-state index in [1.54, 1.807) is 30.3 Å². The monoisotopic (exact) mass is 256 g/mol. The largest absolute Gasteiger partial charge is 0.422 e. The zero-order chi connectivity index (χ0) is 12.5. The van der Waals surface area contributed by atoms with E-state index < -0.39 is 5.97 Å². The number of hydrogen-bond donors (Lipinski definition) is 0. The number of ketones is 1. The number of rotatable bonds is 1. The number of hydrogen-bond acceptors (Lipinski definition) is 4. The van der Waals surface area contributed by atoms with Gasteiger partial charge in [-0.2, -0.15) is 0 Å². The first-order valence-electron chi connectivity index (χ1n) is 5.37. The molecule has 88 valence electrons. The molecule has 3 rings (SSSR count). The van der Waals surface area contributed by atoms with Crippen molar-refractivity contribution in [2.45, 2.75) is 0 Å². The van der Waals surface area contributed by atoms with Gasteiger partial charge in [0.25, 0.3) is 0 Å². The van der Waals surface area contributed by atoms with Crippen LogP contribution in [0.1, 0.15) is 15.2 Å². The summed E-state index contributed by atoms with van der Waals surface area (Å²) >= 11 is 1.47. The number of esters is 1. The number of fused-ring (bicyclic) bond motifs is 1. The molecule has 18 heavy (non-hydrogen) atoms. The van der Waals surface area contributed by atoms with Crippen LogP contribution in [0.15, 0.2) is 47.4 Å². The van der Waals surface area contributed by atoms with Crippen molar-refractivity contribution in [3.63, 3.8) is 0 Å². The summed E-state index contributed by atoms with van der Waals surface area (Å²) in [7, 11) is 0. The second-order valence-corrected chi connectivity index (χ2v) is 4.77. The Morgan fingerprint density at radius 2 is 1.89 bits per heavy atom. The van der Waals surface area contributed by atoms with Crippen molar-refractivity contribution >= 4 is 29.2 Å². The summed E-state index contributed by atoms with van der Waals surface area (Å²) in [6.07, 6.45) is 1.57. The number of carbonyl (C=O) groups is 2. The average Bonchev–Trinajstić information content (AvgIpc) is 2.87. The lowest BCUT2D eigenvalue weighted by Gasteiger charge is -2.16. The van der Waals surface area contributed by atoms with Gasteiger partial charge in [0, 0.05) is 4.88 Å². The zero-order valence-corrected chi connectivity index (χ0v) is 10.1. The SMILES string of the molecule is O=C1Oc2ccccc2C(=O)/C1=C/c1cccs1. The van der Waals surface area contributed by atoms with Crippen molar-refractivity contribution in [1.29, 1.82) is 0 Å². The summed E-state index contributed by atoms with van der Waals surface area (Å²) in [6, 6.07) is 10.5. The third-order valence-corrected chi connectivity index (χ3v) is 3.45. The highest BCUT2D eigenvalue weighted by Gasteiger charge is 2.30. The second kappa shape index (κ2) is 4.23. The molecule has 0 fully saturated rings. The van der Waals surface area contributed by atoms with Gasteiger partial charge in [0.15, 0.2) is 0 Å². The fourth-order valence-electron chi connectivity index (χ4n) is 1.78. The number of thiophene rings is 1. The molecule has 0 saturated heterocycles. The third-order valence-electron chi connectivity index (χ3n) is 2.63. The lowest BCUT2D eigenvalue weighted by atomic mass is 9.99. The number of ether oxygens (including phenoxy) is 1. The molecule has 0 bridgehead atoms. The van der Waals surface area contributed by atoms with Gasteiger partial charge >= 0.3 is 5.97 Å². The van der Waals surface area contributed by atoms with Crippen LogP contribution in [0, 0.1) is 0 Å². The van der Waals surface area contributed by atoms with Crippen LogP contribution >= 0.6 is 11.3 Å². The highest BCUT2D eigenvalue weighted by Crippen LogP contribution is 2.28. The molecule has 1 aliphatic heterocycles. The minimum atomic E-state index is -0.591. The van der Waals surface area contributed by atoms with Crippen LogP contribution in [-0.4, -0.2) is 11.8 Å². The van der Waals surface area contributed by atoms with Gasteiger partial charge in [0.1, 0.15) is 11.3 Å². The first kappa shape index (κ1) is 10.9. The Morgan fingerprint density at radius 3 is 2.67 bits per heavy atom. The molecule has 1 aromatic heterocycles. The van der Waals surface area contributed by atoms with Crippen LogP contribution in [0.3, 0.4) is 0 Å². The normalized spacial score (nSPS) is 16.6. The van der Waals surface area contributed by atoms with E-state index in [2.05, 4.69) is 0 Å². The van der Waals surface area contributed by atoms with Crippen molar-refractivity contribution in [3.05, 3.63) is 57.8 Å². The molecule has 0 spiro atoms. The zero-order valence-electron chi connectivity index (χ0n) is 9.25. The number of para-hydroxylation sites is 1. The van der Waals surface area contributed by atoms with Crippen molar-refractivity contribution in [2.75, 3.05) is 0 Å². The molecule has 2 aromatic rings. The molecule has 0 saturated carbocycles. The summed E-state index contributed by atoms with van der Waals surface area (Å²) in [6.45, 7) is 0. The summed E-state index contributed by atoms with van der Waals surface area (Å²) in [5, 5.41) is 1.89. The van der Waals surface area contributed by atoms with Crippen LogP contribution in [0.25, 0.3) is 6.08 Å². The first-order valence-corrected chi connectivity index (χ1v) is 6.25. The maximum Gasteiger partial charge on any atom is 0.347 e. The van der Waals surface area contributed by atoms with E-state index in [9.17, 15) is 9.59 Å². The Morgan fingerprint density at radius 1 is 1.06 bits per heavy atom. The van der Waals surface area contributed by atoms with Crippen molar-refractivity contribution in [1.82, 2.24) is 0 Å². The Labute approximate surface area is 107 Å². The molecule has 0 atom stereocenters. The minimum Gasteiger partial charge on any atom is -0.422 e. The van der Waals surface area contributed by atoms with Crippen LogP contribution in [0.2, 0.25) is 0 Å². The smallest absolute Gasteiger partial charge is 0.347 e. The first-order chi connectivity index (χ1) is 8.75. The lowest BCUT2D eigenvalue weighted by molar-refractivity contribution is -0.130. The highest BCUT2D eigenvalue weighted by molar-refractivity contribution is 7.10. The molecule has 0 radical (unpaired) electrons. The third kappa shape index (κ3) is 1.76. The molecular weight excluding hydrogens is 248 g/mol. The van der Waals surface area contributed by atoms with Crippen LogP contribution in [0.5, 0.6) is 5.75 Å². The summed E-state index contributed by atoms with van der Waals surface area (Å²) < 4.78 is 5.14. The highest BCUT2D eigenvalue weighted by atomic mass is 32.1.